The maximum absolute atomic E-state index is 6.63. The average molecular weight is 420 g/mol. The lowest BCUT2D eigenvalue weighted by Crippen LogP contribution is -2.54. The van der Waals surface area contributed by atoms with Crippen LogP contribution in [0.4, 0.5) is 0 Å². The molecule has 0 amide bonds. The molecule has 4 aliphatic rings. The fourth-order valence-corrected chi connectivity index (χ4v) is 10.0. The van der Waals surface area contributed by atoms with Crippen molar-refractivity contribution in [1.82, 2.24) is 0 Å². The van der Waals surface area contributed by atoms with Gasteiger partial charge in [0.05, 0.1) is 5.71 Å². The summed E-state index contributed by atoms with van der Waals surface area (Å²) >= 11 is 0. The van der Waals surface area contributed by atoms with Crippen LogP contribution in [-0.4, -0.2) is 27.2 Å². The van der Waals surface area contributed by atoms with E-state index >= 15 is 0 Å². The molecule has 166 valence electrons. The molecule has 0 heterocycles. The van der Waals surface area contributed by atoms with Crippen LogP contribution in [0.1, 0.15) is 78.6 Å². The Morgan fingerprint density at radius 3 is 2.38 bits per heavy atom. The predicted molar refractivity (Wildman–Crippen MR) is 124 cm³/mol. The van der Waals surface area contributed by atoms with Gasteiger partial charge >= 0.3 is 0 Å². The van der Waals surface area contributed by atoms with Crippen molar-refractivity contribution in [2.24, 2.45) is 45.6 Å². The second-order valence-electron chi connectivity index (χ2n) is 12.4. The fourth-order valence-electron chi connectivity index (χ4n) is 8.72. The first-order chi connectivity index (χ1) is 13.6. The number of oxime groups is 1. The molecule has 0 spiro atoms. The standard InChI is InChI=1S/C25H45NO2Si/c1-17(28-29(5,6)7)21-10-11-22-20-9-8-18-16-19(26-27-4)12-14-24(18,2)23(20)13-15-25(21,22)3/h17-18,20-23H,8-16H2,1-7H3/b26-19+/t17-,18-,20?,21+,22?,23?,24-,25+/m0/s1. The summed E-state index contributed by atoms with van der Waals surface area (Å²) in [6.07, 6.45) is 12.6. The third-order valence-electron chi connectivity index (χ3n) is 9.90. The minimum absolute atomic E-state index is 0.433. The van der Waals surface area contributed by atoms with Crippen molar-refractivity contribution >= 4 is 14.0 Å². The summed E-state index contributed by atoms with van der Waals surface area (Å²) in [5.41, 5.74) is 2.34. The summed E-state index contributed by atoms with van der Waals surface area (Å²) in [4.78, 5) is 5.12. The largest absolute Gasteiger partial charge is 0.415 e. The molecule has 4 fully saturated rings. The lowest BCUT2D eigenvalue weighted by atomic mass is 9.44. The highest BCUT2D eigenvalue weighted by atomic mass is 28.4. The Balaban J connectivity index is 1.52. The molecular formula is C25H45NO2Si. The van der Waals surface area contributed by atoms with E-state index in [-0.39, 0.29) is 0 Å². The Labute approximate surface area is 180 Å². The molecule has 4 saturated carbocycles. The summed E-state index contributed by atoms with van der Waals surface area (Å²) in [5, 5.41) is 4.34. The van der Waals surface area contributed by atoms with Crippen LogP contribution in [0.5, 0.6) is 0 Å². The Morgan fingerprint density at radius 1 is 0.966 bits per heavy atom. The second-order valence-corrected chi connectivity index (χ2v) is 16.8. The molecule has 8 atom stereocenters. The third-order valence-corrected chi connectivity index (χ3v) is 11.0. The average Bonchev–Trinajstić information content (AvgIpc) is 2.98. The van der Waals surface area contributed by atoms with Crippen molar-refractivity contribution in [3.8, 4) is 0 Å². The van der Waals surface area contributed by atoms with E-state index in [0.29, 0.717) is 16.9 Å². The first kappa shape index (κ1) is 21.9. The van der Waals surface area contributed by atoms with Gasteiger partial charge in [-0.3, -0.25) is 0 Å². The maximum atomic E-state index is 6.63. The molecule has 0 aromatic heterocycles. The summed E-state index contributed by atoms with van der Waals surface area (Å²) in [7, 11) is 0.215. The molecule has 0 aliphatic heterocycles. The summed E-state index contributed by atoms with van der Waals surface area (Å²) in [6, 6.07) is 0. The quantitative estimate of drug-likeness (QED) is 0.367. The molecule has 0 saturated heterocycles. The molecule has 3 unspecified atom stereocenters. The zero-order valence-corrected chi connectivity index (χ0v) is 21.1. The number of rotatable bonds is 4. The van der Waals surface area contributed by atoms with Crippen molar-refractivity contribution in [2.75, 3.05) is 7.11 Å². The zero-order chi connectivity index (χ0) is 21.0. The zero-order valence-electron chi connectivity index (χ0n) is 20.1. The minimum Gasteiger partial charge on any atom is -0.415 e. The number of hydrogen-bond acceptors (Lipinski definition) is 3. The van der Waals surface area contributed by atoms with Gasteiger partial charge in [-0.15, -0.1) is 0 Å². The van der Waals surface area contributed by atoms with Crippen LogP contribution >= 0.6 is 0 Å². The summed E-state index contributed by atoms with van der Waals surface area (Å²) in [5.74, 6) is 4.38. The Kier molecular flexibility index (Phi) is 5.77. The summed E-state index contributed by atoms with van der Waals surface area (Å²) < 4.78 is 6.63. The molecule has 4 rings (SSSR count). The molecule has 0 aromatic carbocycles. The van der Waals surface area contributed by atoms with Crippen molar-refractivity contribution in [3.63, 3.8) is 0 Å². The predicted octanol–water partition coefficient (Wildman–Crippen LogP) is 6.89. The van der Waals surface area contributed by atoms with Gasteiger partial charge in [-0.05, 0) is 125 Å². The van der Waals surface area contributed by atoms with Gasteiger partial charge in [0.2, 0.25) is 0 Å². The summed E-state index contributed by atoms with van der Waals surface area (Å²) in [6.45, 7) is 14.7. The topological polar surface area (TPSA) is 30.8 Å². The van der Waals surface area contributed by atoms with Crippen LogP contribution in [-0.2, 0) is 9.26 Å². The molecule has 3 nitrogen and oxygen atoms in total. The minimum atomic E-state index is -1.48. The van der Waals surface area contributed by atoms with Crippen LogP contribution in [0.3, 0.4) is 0 Å². The highest BCUT2D eigenvalue weighted by molar-refractivity contribution is 6.69. The molecule has 4 heteroatoms. The van der Waals surface area contributed by atoms with Crippen LogP contribution in [0, 0.1) is 40.4 Å². The van der Waals surface area contributed by atoms with Crippen LogP contribution in [0.2, 0.25) is 19.6 Å². The highest BCUT2D eigenvalue weighted by Gasteiger charge is 2.60. The van der Waals surface area contributed by atoms with E-state index in [2.05, 4.69) is 45.6 Å². The molecule has 4 aliphatic carbocycles. The number of fused-ring (bicyclic) bond motifs is 5. The molecule has 0 aromatic rings. The lowest BCUT2D eigenvalue weighted by Gasteiger charge is -2.60. The normalized spacial score (nSPS) is 47.3. The monoisotopic (exact) mass is 419 g/mol. The molecule has 0 N–H and O–H groups in total. The van der Waals surface area contributed by atoms with E-state index in [1.165, 1.54) is 57.1 Å². The Morgan fingerprint density at radius 2 is 1.69 bits per heavy atom. The Bertz CT molecular complexity index is 643. The van der Waals surface area contributed by atoms with E-state index in [1.54, 1.807) is 7.11 Å². The fraction of sp³-hybridized carbons (Fsp3) is 0.960. The SMILES string of the molecule is CO/N=C1\CC[C@]2(C)C3CC[C@@]4(C)C(CC[C@@H]4[C@H](C)O[Si](C)(C)C)C3CC[C@H]2C1. The van der Waals surface area contributed by atoms with Crippen LogP contribution in [0.15, 0.2) is 5.16 Å². The van der Waals surface area contributed by atoms with Gasteiger partial charge in [0.1, 0.15) is 7.11 Å². The smallest absolute Gasteiger partial charge is 0.184 e. The van der Waals surface area contributed by atoms with Crippen molar-refractivity contribution < 1.29 is 9.26 Å². The lowest BCUT2D eigenvalue weighted by molar-refractivity contribution is -0.109. The van der Waals surface area contributed by atoms with Crippen LogP contribution in [0.25, 0.3) is 0 Å². The van der Waals surface area contributed by atoms with Gasteiger partial charge in [-0.1, -0.05) is 19.0 Å². The van der Waals surface area contributed by atoms with E-state index in [4.69, 9.17) is 9.26 Å². The first-order valence-corrected chi connectivity index (χ1v) is 15.8. The van der Waals surface area contributed by atoms with E-state index in [1.807, 2.05) is 0 Å². The number of hydrogen-bond donors (Lipinski definition) is 0. The van der Waals surface area contributed by atoms with Gasteiger partial charge in [0, 0.05) is 6.10 Å². The Hall–Kier alpha value is -0.353. The van der Waals surface area contributed by atoms with E-state index in [0.717, 1.165) is 36.0 Å². The third kappa shape index (κ3) is 3.75. The van der Waals surface area contributed by atoms with E-state index in [9.17, 15) is 0 Å². The molecular weight excluding hydrogens is 374 g/mol. The first-order valence-electron chi connectivity index (χ1n) is 12.4. The van der Waals surface area contributed by atoms with Crippen molar-refractivity contribution in [1.29, 1.82) is 0 Å². The van der Waals surface area contributed by atoms with Gasteiger partial charge in [0.15, 0.2) is 8.32 Å². The highest BCUT2D eigenvalue weighted by Crippen LogP contribution is 2.67. The second kappa shape index (κ2) is 7.65. The van der Waals surface area contributed by atoms with Gasteiger partial charge in [-0.2, -0.15) is 0 Å². The number of nitrogens with zero attached hydrogens (tertiary/aromatic N) is 1. The molecule has 29 heavy (non-hydrogen) atoms. The van der Waals surface area contributed by atoms with Crippen LogP contribution < -0.4 is 0 Å². The van der Waals surface area contributed by atoms with Gasteiger partial charge in [-0.25, -0.2) is 0 Å². The molecule has 0 radical (unpaired) electrons. The van der Waals surface area contributed by atoms with Gasteiger partial charge in [0.25, 0.3) is 0 Å². The van der Waals surface area contributed by atoms with Crippen molar-refractivity contribution in [2.45, 2.75) is 104 Å². The maximum Gasteiger partial charge on any atom is 0.184 e. The van der Waals surface area contributed by atoms with Gasteiger partial charge < -0.3 is 9.26 Å². The molecule has 0 bridgehead atoms. The van der Waals surface area contributed by atoms with Crippen molar-refractivity contribution in [3.05, 3.63) is 0 Å². The van der Waals surface area contributed by atoms with E-state index < -0.39 is 8.32 Å².